The third-order valence-corrected chi connectivity index (χ3v) is 3.29. The van der Waals surface area contributed by atoms with Crippen LogP contribution in [0.1, 0.15) is 10.4 Å². The molecule has 0 aliphatic rings. The van der Waals surface area contributed by atoms with Crippen LogP contribution in [0, 0.1) is 3.57 Å². The predicted octanol–water partition coefficient (Wildman–Crippen LogP) is 0.957. The van der Waals surface area contributed by atoms with E-state index in [0.29, 0.717) is 8.59 Å². The molecule has 0 saturated heterocycles. The van der Waals surface area contributed by atoms with Crippen molar-refractivity contribution in [2.24, 2.45) is 5.73 Å². The molecule has 0 atom stereocenters. The Morgan fingerprint density at radius 3 is 2.47 bits per heavy atom. The fourth-order valence-corrected chi connectivity index (χ4v) is 2.12. The first-order valence-corrected chi connectivity index (χ1v) is 6.51. The Kier molecular flexibility index (Phi) is 5.55. The van der Waals surface area contributed by atoms with Gasteiger partial charge in [-0.05, 0) is 40.8 Å². The zero-order valence-electron chi connectivity index (χ0n) is 9.60. The number of carbonyl (C=O) groups is 3. The normalized spacial score (nSPS) is 10.0. The van der Waals surface area contributed by atoms with Crippen molar-refractivity contribution in [1.29, 1.82) is 0 Å². The molecule has 0 radical (unpaired) electrons. The molecule has 0 spiro atoms. The minimum atomic E-state index is -1.23. The lowest BCUT2D eigenvalue weighted by molar-refractivity contribution is -0.138. The lowest BCUT2D eigenvalue weighted by atomic mass is 10.2. The van der Waals surface area contributed by atoms with E-state index < -0.39 is 30.9 Å². The van der Waals surface area contributed by atoms with Crippen LogP contribution < -0.4 is 5.73 Å². The van der Waals surface area contributed by atoms with Gasteiger partial charge in [-0.2, -0.15) is 0 Å². The van der Waals surface area contributed by atoms with E-state index in [1.165, 1.54) is 6.07 Å². The minimum absolute atomic E-state index is 0.232. The summed E-state index contributed by atoms with van der Waals surface area (Å²) in [6.45, 7) is -1.07. The number of carbonyl (C=O) groups excluding carboxylic acids is 2. The molecule has 0 aromatic heterocycles. The number of aliphatic carboxylic acids is 1. The number of primary amides is 1. The molecule has 0 bridgehead atoms. The van der Waals surface area contributed by atoms with Crippen molar-refractivity contribution in [3.8, 4) is 0 Å². The van der Waals surface area contributed by atoms with Gasteiger partial charge in [0.05, 0.1) is 5.56 Å². The number of amides is 2. The van der Waals surface area contributed by atoms with E-state index >= 15 is 0 Å². The van der Waals surface area contributed by atoms with E-state index in [9.17, 15) is 14.4 Å². The molecular formula is C11H10ClIN2O4. The topological polar surface area (TPSA) is 101 Å². The van der Waals surface area contributed by atoms with Crippen LogP contribution in [0.3, 0.4) is 0 Å². The molecule has 0 heterocycles. The summed E-state index contributed by atoms with van der Waals surface area (Å²) in [6, 6.07) is 4.65. The largest absolute Gasteiger partial charge is 0.480 e. The van der Waals surface area contributed by atoms with Crippen molar-refractivity contribution >= 4 is 52.0 Å². The minimum Gasteiger partial charge on any atom is -0.480 e. The van der Waals surface area contributed by atoms with Crippen molar-refractivity contribution in [2.75, 3.05) is 13.1 Å². The van der Waals surface area contributed by atoms with Gasteiger partial charge in [-0.25, -0.2) is 0 Å². The molecule has 8 heteroatoms. The van der Waals surface area contributed by atoms with Crippen molar-refractivity contribution in [3.63, 3.8) is 0 Å². The Balaban J connectivity index is 3.07. The van der Waals surface area contributed by atoms with Gasteiger partial charge in [0.25, 0.3) is 5.91 Å². The third-order valence-electron chi connectivity index (χ3n) is 2.12. The first-order valence-electron chi connectivity index (χ1n) is 5.05. The number of halogens is 2. The molecule has 0 aliphatic carbocycles. The van der Waals surface area contributed by atoms with Crippen LogP contribution >= 0.6 is 34.2 Å². The highest BCUT2D eigenvalue weighted by atomic mass is 127. The first-order chi connectivity index (χ1) is 8.81. The van der Waals surface area contributed by atoms with Crippen LogP contribution in [0.5, 0.6) is 0 Å². The van der Waals surface area contributed by atoms with Crippen LogP contribution in [0.25, 0.3) is 0 Å². The first kappa shape index (κ1) is 15.7. The van der Waals surface area contributed by atoms with E-state index in [0.717, 1.165) is 4.90 Å². The molecule has 2 amide bonds. The summed E-state index contributed by atoms with van der Waals surface area (Å²) in [7, 11) is 0. The molecule has 3 N–H and O–H groups in total. The van der Waals surface area contributed by atoms with E-state index in [4.69, 9.17) is 22.4 Å². The second kappa shape index (κ2) is 6.71. The highest BCUT2D eigenvalue weighted by Gasteiger charge is 2.22. The number of carboxylic acids is 1. The predicted molar refractivity (Wildman–Crippen MR) is 76.9 cm³/mol. The molecule has 0 aliphatic heterocycles. The highest BCUT2D eigenvalue weighted by Crippen LogP contribution is 2.19. The molecule has 6 nitrogen and oxygen atoms in total. The number of hydrogen-bond donors (Lipinski definition) is 2. The summed E-state index contributed by atoms with van der Waals surface area (Å²) >= 11 is 7.72. The summed E-state index contributed by atoms with van der Waals surface area (Å²) < 4.78 is 0.604. The van der Waals surface area contributed by atoms with Gasteiger partial charge in [-0.3, -0.25) is 14.4 Å². The number of benzene rings is 1. The highest BCUT2D eigenvalue weighted by molar-refractivity contribution is 14.1. The maximum absolute atomic E-state index is 12.2. The Labute approximate surface area is 127 Å². The van der Waals surface area contributed by atoms with Gasteiger partial charge >= 0.3 is 5.97 Å². The van der Waals surface area contributed by atoms with E-state index in [-0.39, 0.29) is 5.56 Å². The Morgan fingerprint density at radius 2 is 1.95 bits per heavy atom. The number of hydrogen-bond acceptors (Lipinski definition) is 3. The quantitative estimate of drug-likeness (QED) is 0.724. The molecule has 0 unspecified atom stereocenters. The smallest absolute Gasteiger partial charge is 0.323 e. The van der Waals surface area contributed by atoms with E-state index in [2.05, 4.69) is 0 Å². The van der Waals surface area contributed by atoms with E-state index in [1.807, 2.05) is 22.6 Å². The molecule has 1 aromatic carbocycles. The second-order valence-corrected chi connectivity index (χ2v) is 5.24. The summed E-state index contributed by atoms with van der Waals surface area (Å²) in [5.74, 6) is -2.62. The standard InChI is InChI=1S/C11H10ClIN2O4/c12-6-1-2-8(13)7(3-6)11(19)15(4-9(14)16)5-10(17)18/h1-3H,4-5H2,(H2,14,16)(H,17,18). The monoisotopic (exact) mass is 396 g/mol. The van der Waals surface area contributed by atoms with Gasteiger partial charge in [0.1, 0.15) is 13.1 Å². The molecule has 1 aromatic rings. The molecule has 19 heavy (non-hydrogen) atoms. The average molecular weight is 397 g/mol. The maximum Gasteiger partial charge on any atom is 0.323 e. The van der Waals surface area contributed by atoms with Crippen LogP contribution in [-0.4, -0.2) is 40.9 Å². The number of carboxylic acid groups (broad SMARTS) is 1. The van der Waals surface area contributed by atoms with Crippen molar-refractivity contribution < 1.29 is 19.5 Å². The van der Waals surface area contributed by atoms with Gasteiger partial charge in [0, 0.05) is 8.59 Å². The molecule has 1 rings (SSSR count). The van der Waals surface area contributed by atoms with Gasteiger partial charge in [-0.1, -0.05) is 11.6 Å². The van der Waals surface area contributed by atoms with Crippen molar-refractivity contribution in [1.82, 2.24) is 4.90 Å². The molecule has 102 valence electrons. The third kappa shape index (κ3) is 4.67. The fraction of sp³-hybridized carbons (Fsp3) is 0.182. The number of nitrogens with zero attached hydrogens (tertiary/aromatic N) is 1. The molecule has 0 fully saturated rings. The zero-order chi connectivity index (χ0) is 14.6. The van der Waals surface area contributed by atoms with Gasteiger partial charge in [-0.15, -0.1) is 0 Å². The van der Waals surface area contributed by atoms with E-state index in [1.54, 1.807) is 12.1 Å². The van der Waals surface area contributed by atoms with Gasteiger partial charge in [0.15, 0.2) is 0 Å². The summed E-state index contributed by atoms with van der Waals surface area (Å²) in [6.07, 6.45) is 0. The summed E-state index contributed by atoms with van der Waals surface area (Å²) in [5, 5.41) is 9.09. The van der Waals surface area contributed by atoms with Gasteiger partial charge in [0.2, 0.25) is 5.91 Å². The van der Waals surface area contributed by atoms with Crippen molar-refractivity contribution in [3.05, 3.63) is 32.4 Å². The maximum atomic E-state index is 12.2. The van der Waals surface area contributed by atoms with Crippen LogP contribution in [-0.2, 0) is 9.59 Å². The van der Waals surface area contributed by atoms with Crippen molar-refractivity contribution in [2.45, 2.75) is 0 Å². The molecule has 0 saturated carbocycles. The SMILES string of the molecule is NC(=O)CN(CC(=O)O)C(=O)c1cc(Cl)ccc1I. The van der Waals surface area contributed by atoms with Crippen LogP contribution in [0.15, 0.2) is 18.2 Å². The number of rotatable bonds is 5. The van der Waals surface area contributed by atoms with Crippen LogP contribution in [0.2, 0.25) is 5.02 Å². The Bertz CT molecular complexity index is 519. The summed E-state index contributed by atoms with van der Waals surface area (Å²) in [5.41, 5.74) is 5.23. The Hall–Kier alpha value is -1.35. The lowest BCUT2D eigenvalue weighted by Crippen LogP contribution is -2.41. The number of nitrogens with two attached hydrogens (primary N) is 1. The summed E-state index contributed by atoms with van der Waals surface area (Å²) in [4.78, 5) is 34.6. The Morgan fingerprint density at radius 1 is 1.32 bits per heavy atom. The van der Waals surface area contributed by atoms with Gasteiger partial charge < -0.3 is 15.7 Å². The molecular weight excluding hydrogens is 386 g/mol. The average Bonchev–Trinajstić information content (AvgIpc) is 2.29. The fourth-order valence-electron chi connectivity index (χ4n) is 1.38. The second-order valence-electron chi connectivity index (χ2n) is 3.65. The van der Waals surface area contributed by atoms with Crippen LogP contribution in [0.4, 0.5) is 0 Å². The zero-order valence-corrected chi connectivity index (χ0v) is 12.5. The lowest BCUT2D eigenvalue weighted by Gasteiger charge is -2.19.